The van der Waals surface area contributed by atoms with Crippen LogP contribution in [0.25, 0.3) is 10.2 Å². The SMILES string of the molecule is Clc1ncc2cc(C3CCC3)sc2n1. The predicted octanol–water partition coefficient (Wildman–Crippen LogP) is 3.61. The number of thiophene rings is 1. The fourth-order valence-electron chi connectivity index (χ4n) is 1.72. The lowest BCUT2D eigenvalue weighted by atomic mass is 9.84. The van der Waals surface area contributed by atoms with Gasteiger partial charge in [-0.05, 0) is 36.4 Å². The van der Waals surface area contributed by atoms with E-state index < -0.39 is 0 Å². The smallest absolute Gasteiger partial charge is 0.223 e. The Morgan fingerprint density at radius 3 is 3.00 bits per heavy atom. The third kappa shape index (κ3) is 1.31. The summed E-state index contributed by atoms with van der Waals surface area (Å²) >= 11 is 7.50. The molecule has 3 rings (SSSR count). The van der Waals surface area contributed by atoms with E-state index in [0.29, 0.717) is 5.28 Å². The third-order valence-electron chi connectivity index (χ3n) is 2.77. The number of nitrogens with zero attached hydrogens (tertiary/aromatic N) is 2. The molecule has 0 N–H and O–H groups in total. The lowest BCUT2D eigenvalue weighted by molar-refractivity contribution is 0.426. The highest BCUT2D eigenvalue weighted by Crippen LogP contribution is 2.41. The number of hydrogen-bond acceptors (Lipinski definition) is 3. The van der Waals surface area contributed by atoms with Gasteiger partial charge in [0.15, 0.2) is 0 Å². The summed E-state index contributed by atoms with van der Waals surface area (Å²) in [5, 5.41) is 1.47. The summed E-state index contributed by atoms with van der Waals surface area (Å²) in [4.78, 5) is 10.7. The molecule has 2 nitrogen and oxygen atoms in total. The van der Waals surface area contributed by atoms with Crippen LogP contribution in [0, 0.1) is 0 Å². The van der Waals surface area contributed by atoms with E-state index in [2.05, 4.69) is 16.0 Å². The Kier molecular flexibility index (Phi) is 1.96. The summed E-state index contributed by atoms with van der Waals surface area (Å²) in [5.74, 6) is 0.771. The Bertz CT molecular complexity index is 476. The molecule has 0 amide bonds. The van der Waals surface area contributed by atoms with E-state index in [0.717, 1.165) is 16.1 Å². The Morgan fingerprint density at radius 2 is 2.29 bits per heavy atom. The summed E-state index contributed by atoms with van der Waals surface area (Å²) in [6.45, 7) is 0. The molecule has 0 saturated heterocycles. The van der Waals surface area contributed by atoms with E-state index in [9.17, 15) is 0 Å². The van der Waals surface area contributed by atoms with Gasteiger partial charge in [0, 0.05) is 16.5 Å². The summed E-state index contributed by atoms with van der Waals surface area (Å²) in [7, 11) is 0. The topological polar surface area (TPSA) is 25.8 Å². The van der Waals surface area contributed by atoms with Crippen molar-refractivity contribution in [1.82, 2.24) is 9.97 Å². The quantitative estimate of drug-likeness (QED) is 0.692. The Labute approximate surface area is 90.9 Å². The molecule has 72 valence electrons. The third-order valence-corrected chi connectivity index (χ3v) is 4.16. The molecular formula is C10H9ClN2S. The Morgan fingerprint density at radius 1 is 1.43 bits per heavy atom. The van der Waals surface area contributed by atoms with Crippen LogP contribution >= 0.6 is 22.9 Å². The summed E-state index contributed by atoms with van der Waals surface area (Å²) in [6, 6.07) is 2.21. The number of rotatable bonds is 1. The van der Waals surface area contributed by atoms with Crippen molar-refractivity contribution in [3.63, 3.8) is 0 Å². The molecule has 1 saturated carbocycles. The highest BCUT2D eigenvalue weighted by molar-refractivity contribution is 7.18. The van der Waals surface area contributed by atoms with E-state index in [-0.39, 0.29) is 0 Å². The summed E-state index contributed by atoms with van der Waals surface area (Å²) in [6.07, 6.45) is 5.83. The zero-order valence-corrected chi connectivity index (χ0v) is 9.11. The van der Waals surface area contributed by atoms with Gasteiger partial charge in [-0.1, -0.05) is 6.42 Å². The summed E-state index contributed by atoms with van der Waals surface area (Å²) < 4.78 is 0. The normalized spacial score (nSPS) is 17.2. The van der Waals surface area contributed by atoms with Crippen LogP contribution in [-0.4, -0.2) is 9.97 Å². The van der Waals surface area contributed by atoms with Crippen LogP contribution in [0.5, 0.6) is 0 Å². The van der Waals surface area contributed by atoms with Crippen molar-refractivity contribution in [2.75, 3.05) is 0 Å². The fraction of sp³-hybridized carbons (Fsp3) is 0.400. The van der Waals surface area contributed by atoms with Crippen molar-refractivity contribution in [2.24, 2.45) is 0 Å². The molecule has 0 unspecified atom stereocenters. The van der Waals surface area contributed by atoms with E-state index in [1.807, 2.05) is 6.20 Å². The van der Waals surface area contributed by atoms with Crippen LogP contribution < -0.4 is 0 Å². The van der Waals surface area contributed by atoms with Crippen LogP contribution in [0.3, 0.4) is 0 Å². The number of halogens is 1. The van der Waals surface area contributed by atoms with Gasteiger partial charge in [0.05, 0.1) is 0 Å². The highest BCUT2D eigenvalue weighted by Gasteiger charge is 2.21. The zero-order valence-electron chi connectivity index (χ0n) is 7.53. The van der Waals surface area contributed by atoms with E-state index >= 15 is 0 Å². The van der Waals surface area contributed by atoms with Gasteiger partial charge in [-0.3, -0.25) is 0 Å². The molecule has 0 aromatic carbocycles. The van der Waals surface area contributed by atoms with Gasteiger partial charge < -0.3 is 0 Å². The molecule has 2 aromatic heterocycles. The van der Waals surface area contributed by atoms with Crippen LogP contribution in [0.2, 0.25) is 5.28 Å². The molecular weight excluding hydrogens is 216 g/mol. The van der Waals surface area contributed by atoms with Crippen LogP contribution in [0.4, 0.5) is 0 Å². The second-order valence-corrected chi connectivity index (χ2v) is 5.08. The number of hydrogen-bond donors (Lipinski definition) is 0. The first-order chi connectivity index (χ1) is 6.83. The van der Waals surface area contributed by atoms with Crippen LogP contribution in [0.15, 0.2) is 12.3 Å². The largest absolute Gasteiger partial charge is 0.226 e. The van der Waals surface area contributed by atoms with E-state index in [1.165, 1.54) is 24.1 Å². The minimum Gasteiger partial charge on any atom is -0.226 e. The van der Waals surface area contributed by atoms with Gasteiger partial charge in [-0.25, -0.2) is 9.97 Å². The first-order valence-electron chi connectivity index (χ1n) is 4.75. The lowest BCUT2D eigenvalue weighted by Crippen LogP contribution is -2.06. The molecule has 0 radical (unpaired) electrons. The average Bonchev–Trinajstić information content (AvgIpc) is 2.43. The van der Waals surface area contributed by atoms with Crippen molar-refractivity contribution in [2.45, 2.75) is 25.2 Å². The summed E-state index contributed by atoms with van der Waals surface area (Å²) in [5.41, 5.74) is 0. The molecule has 0 spiro atoms. The van der Waals surface area contributed by atoms with Crippen molar-refractivity contribution < 1.29 is 0 Å². The molecule has 0 bridgehead atoms. The maximum atomic E-state index is 5.74. The maximum Gasteiger partial charge on any atom is 0.223 e. The lowest BCUT2D eigenvalue weighted by Gasteiger charge is -2.23. The highest BCUT2D eigenvalue weighted by atomic mass is 35.5. The van der Waals surface area contributed by atoms with E-state index in [1.54, 1.807) is 11.3 Å². The first kappa shape index (κ1) is 8.62. The van der Waals surface area contributed by atoms with Crippen molar-refractivity contribution in [1.29, 1.82) is 0 Å². The van der Waals surface area contributed by atoms with Crippen molar-refractivity contribution >= 4 is 33.2 Å². The number of aromatic nitrogens is 2. The Hall–Kier alpha value is -0.670. The molecule has 1 aliphatic rings. The molecule has 2 aromatic rings. The van der Waals surface area contributed by atoms with Gasteiger partial charge in [-0.2, -0.15) is 0 Å². The van der Waals surface area contributed by atoms with Crippen molar-refractivity contribution in [3.8, 4) is 0 Å². The molecule has 0 atom stereocenters. The standard InChI is InChI=1S/C10H9ClN2S/c11-10-12-5-7-4-8(6-2-1-3-6)14-9(7)13-10/h4-6H,1-3H2. The van der Waals surface area contributed by atoms with Crippen LogP contribution in [-0.2, 0) is 0 Å². The Balaban J connectivity index is 2.10. The van der Waals surface area contributed by atoms with Gasteiger partial charge in [0.1, 0.15) is 4.83 Å². The minimum absolute atomic E-state index is 0.347. The van der Waals surface area contributed by atoms with Gasteiger partial charge in [0.25, 0.3) is 0 Å². The second-order valence-electron chi connectivity index (χ2n) is 3.68. The zero-order chi connectivity index (χ0) is 9.54. The molecule has 1 fully saturated rings. The molecule has 14 heavy (non-hydrogen) atoms. The fourth-order valence-corrected chi connectivity index (χ4v) is 3.08. The van der Waals surface area contributed by atoms with Gasteiger partial charge in [-0.15, -0.1) is 11.3 Å². The minimum atomic E-state index is 0.347. The average molecular weight is 225 g/mol. The molecule has 0 aliphatic heterocycles. The number of fused-ring (bicyclic) bond motifs is 1. The predicted molar refractivity (Wildman–Crippen MR) is 59.0 cm³/mol. The maximum absolute atomic E-state index is 5.74. The molecule has 1 aliphatic carbocycles. The molecule has 4 heteroatoms. The van der Waals surface area contributed by atoms with Gasteiger partial charge >= 0.3 is 0 Å². The van der Waals surface area contributed by atoms with E-state index in [4.69, 9.17) is 11.6 Å². The first-order valence-corrected chi connectivity index (χ1v) is 5.94. The van der Waals surface area contributed by atoms with Crippen LogP contribution in [0.1, 0.15) is 30.1 Å². The van der Waals surface area contributed by atoms with Gasteiger partial charge in [0.2, 0.25) is 5.28 Å². The monoisotopic (exact) mass is 224 g/mol. The molecule has 2 heterocycles. The van der Waals surface area contributed by atoms with Crippen molar-refractivity contribution in [3.05, 3.63) is 22.4 Å². The second kappa shape index (κ2) is 3.17.